The quantitative estimate of drug-likeness (QED) is 0.0786. The number of aryl methyl sites for hydroxylation is 1. The molecule has 1 aromatic heterocycles. The van der Waals surface area contributed by atoms with Crippen molar-refractivity contribution < 1.29 is 33.7 Å². The molecule has 12 nitrogen and oxygen atoms in total. The van der Waals surface area contributed by atoms with Crippen LogP contribution >= 0.6 is 0 Å². The number of anilines is 3. The Morgan fingerprint density at radius 2 is 1.74 bits per heavy atom. The molecule has 0 bridgehead atoms. The zero-order chi connectivity index (χ0) is 40.1. The van der Waals surface area contributed by atoms with Crippen molar-refractivity contribution in [3.8, 4) is 5.75 Å². The minimum absolute atomic E-state index is 0.0127. The number of aliphatic hydroxyl groups excluding tert-OH is 1. The Bertz CT molecular complexity index is 2340. The first kappa shape index (κ1) is 38.5. The fourth-order valence-electron chi connectivity index (χ4n) is 9.68. The van der Waals surface area contributed by atoms with Gasteiger partial charge in [0.15, 0.2) is 5.60 Å². The summed E-state index contributed by atoms with van der Waals surface area (Å²) in [6.45, 7) is 7.75. The number of benzene rings is 4. The van der Waals surface area contributed by atoms with Crippen LogP contribution in [0.5, 0.6) is 5.75 Å². The van der Waals surface area contributed by atoms with E-state index in [1.54, 1.807) is 16.7 Å². The number of hydrogen-bond acceptors (Lipinski definition) is 9. The highest BCUT2D eigenvalue weighted by molar-refractivity contribution is 6.91. The number of rotatable bonds is 14. The van der Waals surface area contributed by atoms with Crippen LogP contribution in [0.3, 0.4) is 0 Å². The molecule has 5 aromatic rings. The van der Waals surface area contributed by atoms with E-state index in [0.29, 0.717) is 55.7 Å². The van der Waals surface area contributed by atoms with Gasteiger partial charge in [0.25, 0.3) is 11.8 Å². The fraction of sp³-hybridized carbons (Fsp3) is 0.386. The number of esters is 1. The minimum atomic E-state index is -2.44. The molecule has 4 heterocycles. The molecule has 4 atom stereocenters. The summed E-state index contributed by atoms with van der Waals surface area (Å²) in [7, 11) is 0.603. The summed E-state index contributed by atoms with van der Waals surface area (Å²) >= 11 is 0. The molecule has 1 saturated heterocycles. The Kier molecular flexibility index (Phi) is 10.3. The van der Waals surface area contributed by atoms with Gasteiger partial charge in [-0.25, -0.2) is 0 Å². The third-order valence-electron chi connectivity index (χ3n) is 12.5. The molecular formula is C44H49N5O7Si. The second-order valence-electron chi connectivity index (χ2n) is 15.9. The Morgan fingerprint density at radius 3 is 2.47 bits per heavy atom. The van der Waals surface area contributed by atoms with Gasteiger partial charge in [0.05, 0.1) is 51.0 Å². The van der Waals surface area contributed by atoms with E-state index in [9.17, 15) is 14.7 Å². The summed E-state index contributed by atoms with van der Waals surface area (Å²) < 4.78 is 19.6. The molecule has 0 saturated carbocycles. The number of fused-ring (bicyclic) bond motifs is 2. The number of hydrogen-bond donors (Lipinski definition) is 1. The number of amides is 2. The molecule has 13 heteroatoms. The molecule has 1 fully saturated rings. The van der Waals surface area contributed by atoms with Crippen molar-refractivity contribution in [3.05, 3.63) is 102 Å². The Morgan fingerprint density at radius 1 is 0.965 bits per heavy atom. The highest BCUT2D eigenvalue weighted by atomic mass is 28.3. The second kappa shape index (κ2) is 15.2. The number of unbranched alkanes of at least 4 members (excludes halogenated alkanes) is 1. The molecule has 2 amide bonds. The van der Waals surface area contributed by atoms with E-state index in [2.05, 4.69) is 42.5 Å². The van der Waals surface area contributed by atoms with Gasteiger partial charge in [0, 0.05) is 61.3 Å². The van der Waals surface area contributed by atoms with E-state index >= 15 is 4.79 Å². The molecule has 0 radical (unpaired) electrons. The number of nitrogens with zero attached hydrogens (tertiary/aromatic N) is 5. The predicted octanol–water partition coefficient (Wildman–Crippen LogP) is 6.26. The number of aromatic nitrogens is 3. The van der Waals surface area contributed by atoms with Gasteiger partial charge in [0.1, 0.15) is 5.75 Å². The average Bonchev–Trinajstić information content (AvgIpc) is 3.94. The minimum Gasteiger partial charge on any atom is -0.497 e. The van der Waals surface area contributed by atoms with E-state index < -0.39 is 13.7 Å². The normalized spacial score (nSPS) is 21.3. The lowest BCUT2D eigenvalue weighted by molar-refractivity contribution is -0.146. The average molecular weight is 788 g/mol. The SMILES string of the molecule is COC(=O)CCCCN1C(=O)[C@]2(O[C@H](CCn3cc(CCO)nn3)[C@@H]([Si](C)(C)c3ccc(OC)cc3)[C@@H]2C)c2cc(N3C(=O)c4cccc5cccc3c45)ccc21. The number of carbonyl (C=O) groups excluding carboxylic acids is 3. The van der Waals surface area contributed by atoms with Crippen molar-refractivity contribution in [1.82, 2.24) is 15.0 Å². The Labute approximate surface area is 333 Å². The van der Waals surface area contributed by atoms with Crippen LogP contribution in [0.15, 0.2) is 85.1 Å². The van der Waals surface area contributed by atoms with Gasteiger partial charge in [-0.05, 0) is 72.7 Å². The maximum atomic E-state index is 15.4. The summed E-state index contributed by atoms with van der Waals surface area (Å²) in [5, 5.41) is 21.2. The molecular weight excluding hydrogens is 739 g/mol. The summed E-state index contributed by atoms with van der Waals surface area (Å²) in [6, 6.07) is 25.9. The standard InChI is InChI=1S/C44H49N5O7Si/c1-28-41(57(4,5)33-18-16-32(54-2)17-19-33)38(21-24-47-27-30(22-25-50)45-46-47)56-44(28)35-26-31(15-20-36(35)48(43(44)53)23-7-6-14-39(51)55-3)49-37-13-9-11-29-10-8-12-34(40(29)37)42(49)52/h8-13,15-20,26-28,38,41,50H,6-7,14,21-25H2,1-5H3/t28-,38+,41-,44+/m0/s1. The van der Waals surface area contributed by atoms with Crippen LogP contribution in [0.2, 0.25) is 18.6 Å². The van der Waals surface area contributed by atoms with E-state index in [4.69, 9.17) is 14.2 Å². The monoisotopic (exact) mass is 787 g/mol. The summed E-state index contributed by atoms with van der Waals surface area (Å²) in [5.74, 6) is -0.00510. The van der Waals surface area contributed by atoms with Crippen molar-refractivity contribution in [2.75, 3.05) is 37.2 Å². The molecule has 57 heavy (non-hydrogen) atoms. The van der Waals surface area contributed by atoms with Crippen molar-refractivity contribution in [3.63, 3.8) is 0 Å². The molecule has 0 aliphatic carbocycles. The van der Waals surface area contributed by atoms with Gasteiger partial charge in [-0.2, -0.15) is 0 Å². The van der Waals surface area contributed by atoms with Crippen molar-refractivity contribution >= 4 is 58.9 Å². The maximum Gasteiger partial charge on any atom is 0.305 e. The lowest BCUT2D eigenvalue weighted by Gasteiger charge is -2.37. The van der Waals surface area contributed by atoms with Gasteiger partial charge >= 0.3 is 5.97 Å². The summed E-state index contributed by atoms with van der Waals surface area (Å²) in [4.78, 5) is 45.1. The molecule has 4 aromatic carbocycles. The molecule has 296 valence electrons. The molecule has 3 aliphatic rings. The zero-order valence-electron chi connectivity index (χ0n) is 33.1. The predicted molar refractivity (Wildman–Crippen MR) is 220 cm³/mol. The fourth-order valence-corrected chi connectivity index (χ4v) is 13.7. The Balaban J connectivity index is 1.23. The van der Waals surface area contributed by atoms with Gasteiger partial charge < -0.3 is 24.2 Å². The molecule has 0 unspecified atom stereocenters. The Hall–Kier alpha value is -5.37. The van der Waals surface area contributed by atoms with Gasteiger partial charge in [-0.15, -0.1) is 5.10 Å². The van der Waals surface area contributed by atoms with E-state index in [0.717, 1.165) is 33.5 Å². The van der Waals surface area contributed by atoms with Crippen molar-refractivity contribution in [2.24, 2.45) is 5.92 Å². The smallest absolute Gasteiger partial charge is 0.305 e. The first-order valence-corrected chi connectivity index (χ1v) is 22.8. The topological polar surface area (TPSA) is 136 Å². The van der Waals surface area contributed by atoms with E-state index in [1.807, 2.05) is 77.8 Å². The van der Waals surface area contributed by atoms with E-state index in [1.165, 1.54) is 12.3 Å². The summed E-state index contributed by atoms with van der Waals surface area (Å²) in [5.41, 5.74) is 2.98. The number of carbonyl (C=O) groups is 3. The number of methoxy groups -OCH3 is 2. The number of aliphatic hydroxyl groups is 1. The molecule has 1 spiro atoms. The number of ether oxygens (including phenoxy) is 3. The third kappa shape index (κ3) is 6.41. The van der Waals surface area contributed by atoms with Crippen molar-refractivity contribution in [1.29, 1.82) is 0 Å². The largest absolute Gasteiger partial charge is 0.497 e. The maximum absolute atomic E-state index is 15.4. The molecule has 1 N–H and O–H groups in total. The first-order valence-electron chi connectivity index (χ1n) is 19.7. The van der Waals surface area contributed by atoms with Crippen LogP contribution in [-0.4, -0.2) is 79.4 Å². The third-order valence-corrected chi connectivity index (χ3v) is 16.8. The first-order chi connectivity index (χ1) is 27.5. The van der Waals surface area contributed by atoms with Crippen LogP contribution in [-0.2, 0) is 37.6 Å². The van der Waals surface area contributed by atoms with Gasteiger partial charge in [-0.1, -0.05) is 66.8 Å². The molecule has 8 rings (SSSR count). The van der Waals surface area contributed by atoms with Crippen LogP contribution in [0.1, 0.15) is 54.2 Å². The lowest BCUT2D eigenvalue weighted by Crippen LogP contribution is -2.52. The van der Waals surface area contributed by atoms with Crippen LogP contribution in [0.4, 0.5) is 17.1 Å². The van der Waals surface area contributed by atoms with E-state index in [-0.39, 0.29) is 48.4 Å². The van der Waals surface area contributed by atoms with Crippen LogP contribution in [0.25, 0.3) is 10.8 Å². The lowest BCUT2D eigenvalue weighted by atomic mass is 9.82. The van der Waals surface area contributed by atoms with Gasteiger partial charge in [-0.3, -0.25) is 24.0 Å². The van der Waals surface area contributed by atoms with Gasteiger partial charge in [0.2, 0.25) is 0 Å². The highest BCUT2D eigenvalue weighted by Crippen LogP contribution is 2.61. The highest BCUT2D eigenvalue weighted by Gasteiger charge is 2.66. The van der Waals surface area contributed by atoms with Crippen molar-refractivity contribution in [2.45, 2.75) is 75.9 Å². The zero-order valence-corrected chi connectivity index (χ0v) is 34.1. The molecule has 3 aliphatic heterocycles. The van der Waals surface area contributed by atoms with Crippen LogP contribution in [0, 0.1) is 5.92 Å². The van der Waals surface area contributed by atoms with Crippen LogP contribution < -0.4 is 19.7 Å². The second-order valence-corrected chi connectivity index (χ2v) is 20.6. The summed E-state index contributed by atoms with van der Waals surface area (Å²) in [6.07, 6.45) is 3.94.